The lowest BCUT2D eigenvalue weighted by Crippen LogP contribution is -2.26. The molecule has 8 heteroatoms. The number of hydrogen-bond acceptors (Lipinski definition) is 4. The molecular formula is C34H48N8. The number of guanidine groups is 2. The van der Waals surface area contributed by atoms with Gasteiger partial charge in [0.25, 0.3) is 0 Å². The monoisotopic (exact) mass is 568 g/mol. The highest BCUT2D eigenvalue weighted by molar-refractivity contribution is 6.04. The van der Waals surface area contributed by atoms with Gasteiger partial charge in [0.15, 0.2) is 0 Å². The summed E-state index contributed by atoms with van der Waals surface area (Å²) >= 11 is 0. The Morgan fingerprint density at radius 2 is 1.29 bits per heavy atom. The first-order chi connectivity index (χ1) is 19.6. The number of nitrogens with two attached hydrogens (primary N) is 1. The van der Waals surface area contributed by atoms with Crippen LogP contribution in [0.1, 0.15) is 61.0 Å². The summed E-state index contributed by atoms with van der Waals surface area (Å²) in [7, 11) is 0. The minimum atomic E-state index is -0.0520. The second-order valence-electron chi connectivity index (χ2n) is 12.3. The Kier molecular flexibility index (Phi) is 12.3. The molecule has 0 atom stereocenters. The lowest BCUT2D eigenvalue weighted by atomic mass is 10.1. The lowest BCUT2D eigenvalue weighted by Gasteiger charge is -2.22. The smallest absolute Gasteiger partial charge is 0.229 e. The van der Waals surface area contributed by atoms with Crippen LogP contribution in [0, 0.1) is 0 Å². The van der Waals surface area contributed by atoms with Crippen LogP contribution in [-0.2, 0) is 6.54 Å². The topological polar surface area (TPSA) is 111 Å². The van der Waals surface area contributed by atoms with Crippen LogP contribution in [0.3, 0.4) is 0 Å². The van der Waals surface area contributed by atoms with Gasteiger partial charge >= 0.3 is 0 Å². The molecule has 6 N–H and O–H groups in total. The number of benzene rings is 3. The minimum Gasteiger partial charge on any atom is -0.381 e. The molecule has 0 radical (unpaired) electrons. The molecule has 0 aromatic heterocycles. The zero-order valence-corrected chi connectivity index (χ0v) is 26.5. The largest absolute Gasteiger partial charge is 0.381 e. The second kappa shape index (κ2) is 15.4. The highest BCUT2D eigenvalue weighted by Gasteiger charge is 2.10. The maximum absolute atomic E-state index is 6.07. The molecule has 0 unspecified atom stereocenters. The minimum absolute atomic E-state index is 0.0363. The quantitative estimate of drug-likeness (QED) is 0.112. The summed E-state index contributed by atoms with van der Waals surface area (Å²) in [4.78, 5) is 12.6. The number of rotatable bonds is 7. The van der Waals surface area contributed by atoms with Crippen LogP contribution in [0.15, 0.2) is 99.9 Å². The van der Waals surface area contributed by atoms with Crippen molar-refractivity contribution in [2.75, 3.05) is 21.3 Å². The van der Waals surface area contributed by atoms with Gasteiger partial charge in [0.05, 0.1) is 5.69 Å². The molecule has 3 aromatic carbocycles. The number of hydrogen-bond donors (Lipinski definition) is 5. The average molecular weight is 569 g/mol. The van der Waals surface area contributed by atoms with Crippen molar-refractivity contribution in [1.29, 1.82) is 0 Å². The van der Waals surface area contributed by atoms with Crippen LogP contribution in [0.5, 0.6) is 0 Å². The van der Waals surface area contributed by atoms with Crippen LogP contribution >= 0.6 is 0 Å². The van der Waals surface area contributed by atoms with Crippen LogP contribution in [0.4, 0.5) is 28.4 Å². The van der Waals surface area contributed by atoms with E-state index in [-0.39, 0.29) is 23.0 Å². The number of aliphatic imine (C=N–C) groups is 3. The Morgan fingerprint density at radius 3 is 1.83 bits per heavy atom. The molecule has 0 bridgehead atoms. The van der Waals surface area contributed by atoms with E-state index in [0.29, 0.717) is 5.69 Å². The Labute approximate surface area is 252 Å². The molecule has 0 fully saturated rings. The van der Waals surface area contributed by atoms with Gasteiger partial charge in [-0.25, -0.2) is 9.98 Å². The molecule has 0 aliphatic heterocycles. The third kappa shape index (κ3) is 14.2. The molecule has 3 aromatic rings. The van der Waals surface area contributed by atoms with Crippen molar-refractivity contribution < 1.29 is 0 Å². The predicted molar refractivity (Wildman–Crippen MR) is 186 cm³/mol. The molecule has 8 nitrogen and oxygen atoms in total. The number of allylic oxidation sites excluding steroid dienone is 1. The van der Waals surface area contributed by atoms with Crippen molar-refractivity contribution in [2.24, 2.45) is 20.7 Å². The van der Waals surface area contributed by atoms with E-state index in [1.165, 1.54) is 11.1 Å². The molecule has 224 valence electrons. The highest BCUT2D eigenvalue weighted by atomic mass is 15.2. The van der Waals surface area contributed by atoms with Crippen molar-refractivity contribution in [3.05, 3.63) is 90.5 Å². The van der Waals surface area contributed by atoms with Gasteiger partial charge in [0.2, 0.25) is 11.9 Å². The van der Waals surface area contributed by atoms with Gasteiger partial charge in [-0.1, -0.05) is 23.8 Å². The van der Waals surface area contributed by atoms with Gasteiger partial charge in [-0.2, -0.15) is 4.99 Å². The summed E-state index contributed by atoms with van der Waals surface area (Å²) in [5, 5.41) is 13.5. The summed E-state index contributed by atoms with van der Waals surface area (Å²) in [6.07, 6.45) is 0. The molecule has 0 heterocycles. The van der Waals surface area contributed by atoms with Gasteiger partial charge in [-0.3, -0.25) is 0 Å². The van der Waals surface area contributed by atoms with E-state index in [9.17, 15) is 0 Å². The molecular weight excluding hydrogens is 520 g/mol. The van der Waals surface area contributed by atoms with E-state index in [1.807, 2.05) is 62.4 Å². The molecule has 0 saturated carbocycles. The molecule has 0 aliphatic rings. The van der Waals surface area contributed by atoms with Crippen molar-refractivity contribution >= 4 is 47.1 Å². The maximum atomic E-state index is 6.07. The fraction of sp³-hybridized carbons (Fsp3) is 0.324. The standard InChI is InChI=1S/C30H40N8.C4H8/c1-29(2,3)37-24-13-11-21(12-14-24)20-33-22-15-17-23(18-16-22)34-27(31)36-28(32-7)35-25-9-8-10-26(19-25)38-30(4,5)6;1-4(2)3/h8-19,33,37-38H,7,20H2,1-6H3,(H3,31,34,35,36);1H2,2-3H3. The van der Waals surface area contributed by atoms with Gasteiger partial charge in [0, 0.05) is 40.4 Å². The van der Waals surface area contributed by atoms with Crippen molar-refractivity contribution in [1.82, 2.24) is 0 Å². The van der Waals surface area contributed by atoms with Gasteiger partial charge in [0.1, 0.15) is 0 Å². The van der Waals surface area contributed by atoms with Gasteiger partial charge in [-0.05, 0) is 122 Å². The van der Waals surface area contributed by atoms with Crippen molar-refractivity contribution in [3.63, 3.8) is 0 Å². The van der Waals surface area contributed by atoms with Gasteiger partial charge < -0.3 is 27.0 Å². The van der Waals surface area contributed by atoms with E-state index < -0.39 is 0 Å². The van der Waals surface area contributed by atoms with Crippen molar-refractivity contribution in [3.8, 4) is 0 Å². The Balaban J connectivity index is 0.00000144. The Hall–Kier alpha value is -4.59. The number of anilines is 4. The summed E-state index contributed by atoms with van der Waals surface area (Å²) in [5.74, 6) is 0.342. The molecule has 0 aliphatic carbocycles. The average Bonchev–Trinajstić information content (AvgIpc) is 2.87. The van der Waals surface area contributed by atoms with E-state index in [2.05, 4.69) is 115 Å². The highest BCUT2D eigenvalue weighted by Crippen LogP contribution is 2.21. The molecule has 42 heavy (non-hydrogen) atoms. The fourth-order valence-electron chi connectivity index (χ4n) is 3.60. The molecule has 0 spiro atoms. The van der Waals surface area contributed by atoms with E-state index in [4.69, 9.17) is 5.73 Å². The van der Waals surface area contributed by atoms with Crippen molar-refractivity contribution in [2.45, 2.75) is 73.0 Å². The predicted octanol–water partition coefficient (Wildman–Crippen LogP) is 8.42. The third-order valence-electron chi connectivity index (χ3n) is 5.09. The lowest BCUT2D eigenvalue weighted by molar-refractivity contribution is 0.633. The summed E-state index contributed by atoms with van der Waals surface area (Å²) in [5.41, 5.74) is 13.0. The normalized spacial score (nSPS) is 12.0. The van der Waals surface area contributed by atoms with Crippen LogP contribution in [0.2, 0.25) is 0 Å². The summed E-state index contributed by atoms with van der Waals surface area (Å²) in [6, 6.07) is 24.0. The summed E-state index contributed by atoms with van der Waals surface area (Å²) in [6.45, 7) is 24.6. The molecule has 0 saturated heterocycles. The van der Waals surface area contributed by atoms with Gasteiger partial charge in [-0.15, -0.1) is 6.58 Å². The van der Waals surface area contributed by atoms with E-state index in [1.54, 1.807) is 0 Å². The SMILES string of the molecule is C=C(C)C.C=N/C(=N\C(N)=Nc1ccc(NCc2ccc(NC(C)(C)C)cc2)cc1)Nc1cccc(NC(C)(C)C)c1. The van der Waals surface area contributed by atoms with E-state index in [0.717, 1.165) is 29.3 Å². The second-order valence-corrected chi connectivity index (χ2v) is 12.3. The third-order valence-corrected chi connectivity index (χ3v) is 5.09. The Morgan fingerprint density at radius 1 is 0.762 bits per heavy atom. The number of nitrogens with one attached hydrogen (secondary N) is 4. The Bertz CT molecular complexity index is 1350. The summed E-state index contributed by atoms with van der Waals surface area (Å²) < 4.78 is 0. The maximum Gasteiger partial charge on any atom is 0.229 e. The van der Waals surface area contributed by atoms with E-state index >= 15 is 0 Å². The van der Waals surface area contributed by atoms with Crippen LogP contribution in [0.25, 0.3) is 0 Å². The fourth-order valence-corrected chi connectivity index (χ4v) is 3.60. The first kappa shape index (κ1) is 33.6. The zero-order valence-electron chi connectivity index (χ0n) is 26.5. The molecule has 3 rings (SSSR count). The van der Waals surface area contributed by atoms with Crippen LogP contribution in [-0.4, -0.2) is 29.7 Å². The zero-order chi connectivity index (χ0) is 31.3. The van der Waals surface area contributed by atoms with Crippen LogP contribution < -0.4 is 27.0 Å². The first-order valence-electron chi connectivity index (χ1n) is 14.0. The first-order valence-corrected chi connectivity index (χ1v) is 14.0. The number of nitrogens with zero attached hydrogens (tertiary/aromatic N) is 3. The molecule has 0 amide bonds.